The van der Waals surface area contributed by atoms with Crippen molar-refractivity contribution in [2.45, 2.75) is 89.6 Å². The Labute approximate surface area is 140 Å². The van der Waals surface area contributed by atoms with Gasteiger partial charge in [-0.1, -0.05) is 0 Å². The normalized spacial score (nSPS) is 35.4. The number of nitrogens with zero attached hydrogens (tertiary/aromatic N) is 2. The zero-order valence-corrected chi connectivity index (χ0v) is 15.2. The molecule has 5 nitrogen and oxygen atoms in total. The van der Waals surface area contributed by atoms with Crippen molar-refractivity contribution in [3.8, 4) is 0 Å². The van der Waals surface area contributed by atoms with Gasteiger partial charge in [0.15, 0.2) is 0 Å². The van der Waals surface area contributed by atoms with E-state index >= 15 is 0 Å². The summed E-state index contributed by atoms with van der Waals surface area (Å²) in [4.78, 5) is 16.9. The molecule has 0 aromatic heterocycles. The number of nitrogens with one attached hydrogen (secondary N) is 1. The molecule has 0 radical (unpaired) electrons. The summed E-state index contributed by atoms with van der Waals surface area (Å²) < 4.78 is 5.53. The Kier molecular flexibility index (Phi) is 4.88. The fourth-order valence-electron chi connectivity index (χ4n) is 4.49. The maximum absolute atomic E-state index is 12.3. The molecule has 1 N–H and O–H groups in total. The minimum atomic E-state index is -0.415. The van der Waals surface area contributed by atoms with E-state index in [0.29, 0.717) is 12.1 Å². The molecule has 3 heterocycles. The lowest BCUT2D eigenvalue weighted by Crippen LogP contribution is -2.54. The van der Waals surface area contributed by atoms with Crippen molar-refractivity contribution in [2.75, 3.05) is 19.6 Å². The predicted molar refractivity (Wildman–Crippen MR) is 91.6 cm³/mol. The van der Waals surface area contributed by atoms with Crippen molar-refractivity contribution in [3.05, 3.63) is 0 Å². The predicted octanol–water partition coefficient (Wildman–Crippen LogP) is 2.60. The highest BCUT2D eigenvalue weighted by atomic mass is 16.6. The second kappa shape index (κ2) is 6.60. The number of piperidine rings is 1. The zero-order valence-electron chi connectivity index (χ0n) is 15.2. The number of fused-ring (bicyclic) bond motifs is 1. The van der Waals surface area contributed by atoms with Gasteiger partial charge in [0.2, 0.25) is 0 Å². The lowest BCUT2D eigenvalue weighted by Gasteiger charge is -2.40. The number of hydrogen-bond donors (Lipinski definition) is 1. The van der Waals surface area contributed by atoms with Crippen LogP contribution in [0.5, 0.6) is 0 Å². The van der Waals surface area contributed by atoms with Gasteiger partial charge < -0.3 is 15.0 Å². The second-order valence-electron chi connectivity index (χ2n) is 8.55. The molecule has 5 heteroatoms. The molecule has 132 valence electrons. The third-order valence-corrected chi connectivity index (χ3v) is 5.56. The zero-order chi connectivity index (χ0) is 16.6. The van der Waals surface area contributed by atoms with E-state index in [4.69, 9.17) is 4.74 Å². The topological polar surface area (TPSA) is 44.8 Å². The van der Waals surface area contributed by atoms with Crippen molar-refractivity contribution >= 4 is 6.09 Å². The van der Waals surface area contributed by atoms with Crippen LogP contribution in [0.1, 0.15) is 59.8 Å². The summed E-state index contributed by atoms with van der Waals surface area (Å²) in [5.74, 6) is 0. The number of amides is 1. The molecule has 0 aliphatic carbocycles. The van der Waals surface area contributed by atoms with Crippen LogP contribution in [0.3, 0.4) is 0 Å². The molecule has 1 amide bonds. The molecule has 23 heavy (non-hydrogen) atoms. The van der Waals surface area contributed by atoms with E-state index in [1.165, 1.54) is 32.4 Å². The fourth-order valence-corrected chi connectivity index (χ4v) is 4.49. The molecule has 4 atom stereocenters. The van der Waals surface area contributed by atoms with Crippen LogP contribution in [-0.4, -0.2) is 65.3 Å². The number of likely N-dealkylation sites (tertiary alicyclic amines) is 1. The number of hydrogen-bond acceptors (Lipinski definition) is 4. The quantitative estimate of drug-likeness (QED) is 0.848. The monoisotopic (exact) mass is 323 g/mol. The molecule has 3 aliphatic heterocycles. The smallest absolute Gasteiger partial charge is 0.410 e. The summed E-state index contributed by atoms with van der Waals surface area (Å²) in [5.41, 5.74) is -0.415. The summed E-state index contributed by atoms with van der Waals surface area (Å²) in [6.45, 7) is 11.3. The van der Waals surface area contributed by atoms with E-state index in [-0.39, 0.29) is 12.1 Å². The Morgan fingerprint density at radius 3 is 2.61 bits per heavy atom. The van der Waals surface area contributed by atoms with Crippen LogP contribution in [0.2, 0.25) is 0 Å². The lowest BCUT2D eigenvalue weighted by atomic mass is 9.96. The Hall–Kier alpha value is -0.810. The average Bonchev–Trinajstić information content (AvgIpc) is 3.01. The third kappa shape index (κ3) is 4.00. The van der Waals surface area contributed by atoms with Crippen LogP contribution in [0, 0.1) is 0 Å². The Bertz CT molecular complexity index is 434. The van der Waals surface area contributed by atoms with Gasteiger partial charge in [-0.15, -0.1) is 0 Å². The summed E-state index contributed by atoms with van der Waals surface area (Å²) in [5, 5.41) is 3.91. The summed E-state index contributed by atoms with van der Waals surface area (Å²) in [6.07, 6.45) is 5.90. The SMILES string of the molecule is CC1CC(NC2CCN3CCCC23)CCN1C(=O)OC(C)(C)C. The standard InChI is InChI=1S/C18H33N3O2/c1-13-12-14(7-11-21(13)17(22)23-18(2,3)4)19-15-8-10-20-9-5-6-16(15)20/h13-16,19H,5-12H2,1-4H3. The largest absolute Gasteiger partial charge is 0.444 e. The van der Waals surface area contributed by atoms with Crippen molar-refractivity contribution in [1.82, 2.24) is 15.1 Å². The highest BCUT2D eigenvalue weighted by molar-refractivity contribution is 5.68. The van der Waals surface area contributed by atoms with Gasteiger partial charge in [-0.25, -0.2) is 4.79 Å². The van der Waals surface area contributed by atoms with Gasteiger partial charge in [-0.2, -0.15) is 0 Å². The third-order valence-electron chi connectivity index (χ3n) is 5.56. The minimum absolute atomic E-state index is 0.161. The van der Waals surface area contributed by atoms with E-state index < -0.39 is 5.60 Å². The number of carbonyl (C=O) groups is 1. The van der Waals surface area contributed by atoms with E-state index in [9.17, 15) is 4.79 Å². The Morgan fingerprint density at radius 1 is 1.13 bits per heavy atom. The molecular weight excluding hydrogens is 290 g/mol. The van der Waals surface area contributed by atoms with Gasteiger partial charge >= 0.3 is 6.09 Å². The van der Waals surface area contributed by atoms with Crippen LogP contribution in [0.15, 0.2) is 0 Å². The number of ether oxygens (including phenoxy) is 1. The van der Waals surface area contributed by atoms with E-state index in [0.717, 1.165) is 25.4 Å². The number of rotatable bonds is 2. The van der Waals surface area contributed by atoms with Crippen LogP contribution in [0.25, 0.3) is 0 Å². The van der Waals surface area contributed by atoms with Crippen LogP contribution in [0.4, 0.5) is 4.79 Å². The fraction of sp³-hybridized carbons (Fsp3) is 0.944. The first-order chi connectivity index (χ1) is 10.8. The van der Waals surface area contributed by atoms with Crippen molar-refractivity contribution in [3.63, 3.8) is 0 Å². The molecule has 3 rings (SSSR count). The first-order valence-corrected chi connectivity index (χ1v) is 9.33. The maximum atomic E-state index is 12.3. The van der Waals surface area contributed by atoms with Crippen LogP contribution < -0.4 is 5.32 Å². The summed E-state index contributed by atoms with van der Waals surface area (Å²) in [6, 6.07) is 2.20. The van der Waals surface area contributed by atoms with Gasteiger partial charge in [0, 0.05) is 37.3 Å². The van der Waals surface area contributed by atoms with Crippen molar-refractivity contribution in [1.29, 1.82) is 0 Å². The van der Waals surface area contributed by atoms with E-state index in [1.807, 2.05) is 25.7 Å². The molecule has 0 bridgehead atoms. The summed E-state index contributed by atoms with van der Waals surface area (Å²) in [7, 11) is 0. The van der Waals surface area contributed by atoms with Crippen molar-refractivity contribution < 1.29 is 9.53 Å². The van der Waals surface area contributed by atoms with Gasteiger partial charge in [-0.3, -0.25) is 4.90 Å². The van der Waals surface area contributed by atoms with Crippen molar-refractivity contribution in [2.24, 2.45) is 0 Å². The van der Waals surface area contributed by atoms with Gasteiger partial charge in [0.05, 0.1) is 0 Å². The molecule has 0 spiro atoms. The van der Waals surface area contributed by atoms with Gasteiger partial charge in [0.25, 0.3) is 0 Å². The van der Waals surface area contributed by atoms with E-state index in [2.05, 4.69) is 17.1 Å². The maximum Gasteiger partial charge on any atom is 0.410 e. The first kappa shape index (κ1) is 17.0. The molecule has 4 unspecified atom stereocenters. The molecule has 3 fully saturated rings. The Balaban J connectivity index is 1.49. The molecule has 0 aromatic rings. The average molecular weight is 323 g/mol. The highest BCUT2D eigenvalue weighted by Gasteiger charge is 2.39. The first-order valence-electron chi connectivity index (χ1n) is 9.33. The molecule has 0 saturated carbocycles. The second-order valence-corrected chi connectivity index (χ2v) is 8.55. The van der Waals surface area contributed by atoms with Gasteiger partial charge in [-0.05, 0) is 66.3 Å². The molecule has 0 aromatic carbocycles. The minimum Gasteiger partial charge on any atom is -0.444 e. The van der Waals surface area contributed by atoms with Gasteiger partial charge in [0.1, 0.15) is 5.60 Å². The summed E-state index contributed by atoms with van der Waals surface area (Å²) >= 11 is 0. The van der Waals surface area contributed by atoms with E-state index in [1.54, 1.807) is 0 Å². The number of carbonyl (C=O) groups excluding carboxylic acids is 1. The molecular formula is C18H33N3O2. The van der Waals surface area contributed by atoms with Crippen LogP contribution >= 0.6 is 0 Å². The van der Waals surface area contributed by atoms with Crippen LogP contribution in [-0.2, 0) is 4.74 Å². The Morgan fingerprint density at radius 2 is 1.91 bits per heavy atom. The highest BCUT2D eigenvalue weighted by Crippen LogP contribution is 2.29. The lowest BCUT2D eigenvalue weighted by molar-refractivity contribution is 0.00886. The molecule has 3 saturated heterocycles. The molecule has 3 aliphatic rings.